The Bertz CT molecular complexity index is 312. The van der Waals surface area contributed by atoms with Gasteiger partial charge in [-0.2, -0.15) is 4.39 Å². The molecule has 5 unspecified atom stereocenters. The van der Waals surface area contributed by atoms with Gasteiger partial charge in [0.2, 0.25) is 5.67 Å². The van der Waals surface area contributed by atoms with E-state index < -0.39 is 11.7 Å². The molecule has 3 aliphatic rings. The average Bonchev–Trinajstić information content (AvgIpc) is 2.57. The van der Waals surface area contributed by atoms with E-state index in [2.05, 4.69) is 6.08 Å². The molecule has 0 N–H and O–H groups in total. The van der Waals surface area contributed by atoms with Crippen LogP contribution < -0.4 is 0 Å². The largest absolute Gasteiger partial charge is 0.338 e. The number of hydrogen-bond donors (Lipinski definition) is 0. The summed E-state index contributed by atoms with van der Waals surface area (Å²) in [5.74, 6) is 0.423. The van der Waals surface area contributed by atoms with Crippen molar-refractivity contribution < 1.29 is 13.6 Å². The van der Waals surface area contributed by atoms with Crippen LogP contribution in [0, 0.1) is 23.7 Å². The molecule has 1 nitrogen and oxygen atoms in total. The van der Waals surface area contributed by atoms with Crippen LogP contribution in [0.4, 0.5) is 8.78 Å². The van der Waals surface area contributed by atoms with Crippen molar-refractivity contribution in [1.29, 1.82) is 0 Å². The quantitative estimate of drug-likeness (QED) is 0.450. The molecule has 0 aliphatic heterocycles. The SMILES string of the molecule is O=C(F)C1(F)CC2C3C=CC(C3)C21. The molecule has 3 aliphatic carbocycles. The Morgan fingerprint density at radius 1 is 1.38 bits per heavy atom. The van der Waals surface area contributed by atoms with Crippen LogP contribution in [0.15, 0.2) is 12.2 Å². The van der Waals surface area contributed by atoms with E-state index in [0.717, 1.165) is 6.42 Å². The zero-order chi connectivity index (χ0) is 9.22. The average molecular weight is 184 g/mol. The van der Waals surface area contributed by atoms with E-state index in [1.54, 1.807) is 0 Å². The Morgan fingerprint density at radius 2 is 2.08 bits per heavy atom. The van der Waals surface area contributed by atoms with Crippen LogP contribution in [0.5, 0.6) is 0 Å². The lowest BCUT2D eigenvalue weighted by molar-refractivity contribution is -0.165. The smallest absolute Gasteiger partial charge is 0.257 e. The van der Waals surface area contributed by atoms with Gasteiger partial charge in [0, 0.05) is 5.92 Å². The second-order valence-corrected chi connectivity index (χ2v) is 4.48. The highest BCUT2D eigenvalue weighted by molar-refractivity contribution is 5.80. The maximum absolute atomic E-state index is 13.7. The van der Waals surface area contributed by atoms with E-state index in [1.807, 2.05) is 6.08 Å². The first kappa shape index (κ1) is 7.65. The van der Waals surface area contributed by atoms with Crippen LogP contribution in [0.1, 0.15) is 12.8 Å². The summed E-state index contributed by atoms with van der Waals surface area (Å²) in [6, 6.07) is -1.75. The zero-order valence-electron chi connectivity index (χ0n) is 7.04. The predicted octanol–water partition coefficient (Wildman–Crippen LogP) is 2.03. The molecule has 5 atom stereocenters. The molecule has 3 heteroatoms. The van der Waals surface area contributed by atoms with E-state index in [1.165, 1.54) is 0 Å². The van der Waals surface area contributed by atoms with Crippen molar-refractivity contribution in [3.05, 3.63) is 12.2 Å². The number of fused-ring (bicyclic) bond motifs is 5. The van der Waals surface area contributed by atoms with Gasteiger partial charge in [0.1, 0.15) is 0 Å². The lowest BCUT2D eigenvalue weighted by atomic mass is 9.58. The third-order valence-electron chi connectivity index (χ3n) is 4.01. The number of allylic oxidation sites excluding steroid dienone is 2. The van der Waals surface area contributed by atoms with E-state index >= 15 is 0 Å². The molecule has 0 aromatic heterocycles. The molecule has 0 aromatic carbocycles. The van der Waals surface area contributed by atoms with Crippen LogP contribution >= 0.6 is 0 Å². The molecule has 2 fully saturated rings. The number of halogens is 2. The Hall–Kier alpha value is -0.730. The standard InChI is InChI=1S/C10H10F2O/c11-9(13)10(12)4-7-5-1-2-6(3-5)8(7)10/h1-2,5-8H,3-4H2. The van der Waals surface area contributed by atoms with E-state index in [9.17, 15) is 13.6 Å². The molecule has 0 spiro atoms. The number of carbonyl (C=O) groups is 1. The van der Waals surface area contributed by atoms with Crippen LogP contribution in [-0.2, 0) is 4.79 Å². The lowest BCUT2D eigenvalue weighted by Gasteiger charge is -2.47. The highest BCUT2D eigenvalue weighted by atomic mass is 19.2. The molecule has 0 aromatic rings. The molecule has 0 heterocycles. The van der Waals surface area contributed by atoms with Crippen molar-refractivity contribution in [2.45, 2.75) is 18.5 Å². The summed E-state index contributed by atoms with van der Waals surface area (Å²) in [6.07, 6.45) is 5.07. The van der Waals surface area contributed by atoms with Gasteiger partial charge in [-0.1, -0.05) is 12.2 Å². The Morgan fingerprint density at radius 3 is 2.69 bits per heavy atom. The number of rotatable bonds is 1. The van der Waals surface area contributed by atoms with Gasteiger partial charge in [-0.05, 0) is 30.6 Å². The molecule has 3 rings (SSSR count). The van der Waals surface area contributed by atoms with Gasteiger partial charge in [-0.25, -0.2) is 4.39 Å². The molecule has 13 heavy (non-hydrogen) atoms. The zero-order valence-corrected chi connectivity index (χ0v) is 7.04. The maximum Gasteiger partial charge on any atom is 0.338 e. The number of hydrogen-bond acceptors (Lipinski definition) is 1. The Labute approximate surface area is 74.8 Å². The third-order valence-corrected chi connectivity index (χ3v) is 4.01. The predicted molar refractivity (Wildman–Crippen MR) is 42.3 cm³/mol. The van der Waals surface area contributed by atoms with Gasteiger partial charge in [-0.15, -0.1) is 0 Å². The van der Waals surface area contributed by atoms with Gasteiger partial charge >= 0.3 is 6.04 Å². The highest BCUT2D eigenvalue weighted by Crippen LogP contribution is 2.64. The van der Waals surface area contributed by atoms with Gasteiger partial charge < -0.3 is 0 Å². The molecule has 0 saturated heterocycles. The number of carbonyl (C=O) groups excluding carboxylic acids is 1. The maximum atomic E-state index is 13.7. The molecule has 2 bridgehead atoms. The minimum atomic E-state index is -2.13. The normalized spacial score (nSPS) is 56.2. The molecular weight excluding hydrogens is 174 g/mol. The van der Waals surface area contributed by atoms with Crippen LogP contribution in [0.2, 0.25) is 0 Å². The van der Waals surface area contributed by atoms with Crippen LogP contribution in [0.3, 0.4) is 0 Å². The first-order valence-corrected chi connectivity index (χ1v) is 4.70. The van der Waals surface area contributed by atoms with Crippen molar-refractivity contribution in [1.82, 2.24) is 0 Å². The van der Waals surface area contributed by atoms with E-state index in [-0.39, 0.29) is 24.2 Å². The van der Waals surface area contributed by atoms with Gasteiger partial charge in [-0.3, -0.25) is 4.79 Å². The van der Waals surface area contributed by atoms with Crippen molar-refractivity contribution in [3.63, 3.8) is 0 Å². The molecule has 70 valence electrons. The topological polar surface area (TPSA) is 17.1 Å². The summed E-state index contributed by atoms with van der Waals surface area (Å²) in [5, 5.41) is 0. The molecule has 0 amide bonds. The minimum Gasteiger partial charge on any atom is -0.257 e. The summed E-state index contributed by atoms with van der Waals surface area (Å²) >= 11 is 0. The second-order valence-electron chi connectivity index (χ2n) is 4.48. The van der Waals surface area contributed by atoms with Gasteiger partial charge in [0.05, 0.1) is 0 Å². The molecule has 2 saturated carbocycles. The molecule has 0 radical (unpaired) electrons. The van der Waals surface area contributed by atoms with Gasteiger partial charge in [0.25, 0.3) is 0 Å². The summed E-state index contributed by atoms with van der Waals surface area (Å²) < 4.78 is 26.1. The molecular formula is C10H10F2O. The first-order valence-electron chi connectivity index (χ1n) is 4.70. The van der Waals surface area contributed by atoms with Crippen molar-refractivity contribution in [3.8, 4) is 0 Å². The van der Waals surface area contributed by atoms with Crippen molar-refractivity contribution in [2.24, 2.45) is 23.7 Å². The van der Waals surface area contributed by atoms with E-state index in [0.29, 0.717) is 5.92 Å². The first-order chi connectivity index (χ1) is 6.13. The Kier molecular flexibility index (Phi) is 1.19. The summed E-state index contributed by atoms with van der Waals surface area (Å²) in [7, 11) is 0. The Balaban J connectivity index is 1.94. The lowest BCUT2D eigenvalue weighted by Crippen LogP contribution is -2.56. The fraction of sp³-hybridized carbons (Fsp3) is 0.700. The fourth-order valence-electron chi connectivity index (χ4n) is 3.41. The summed E-state index contributed by atoms with van der Waals surface area (Å²) in [4.78, 5) is 10.5. The van der Waals surface area contributed by atoms with Crippen molar-refractivity contribution >= 4 is 6.04 Å². The number of alkyl halides is 1. The van der Waals surface area contributed by atoms with Crippen LogP contribution in [-0.4, -0.2) is 11.7 Å². The summed E-state index contributed by atoms with van der Waals surface area (Å²) in [5.41, 5.74) is -2.13. The fourth-order valence-corrected chi connectivity index (χ4v) is 3.41. The highest BCUT2D eigenvalue weighted by Gasteiger charge is 2.68. The van der Waals surface area contributed by atoms with E-state index in [4.69, 9.17) is 0 Å². The van der Waals surface area contributed by atoms with Gasteiger partial charge in [0.15, 0.2) is 0 Å². The van der Waals surface area contributed by atoms with Crippen molar-refractivity contribution in [2.75, 3.05) is 0 Å². The minimum absolute atomic E-state index is 0.110. The monoisotopic (exact) mass is 184 g/mol. The van der Waals surface area contributed by atoms with Crippen LogP contribution in [0.25, 0.3) is 0 Å². The second kappa shape index (κ2) is 2.02. The third kappa shape index (κ3) is 0.697. The summed E-state index contributed by atoms with van der Waals surface area (Å²) in [6.45, 7) is 0.